The van der Waals surface area contributed by atoms with Crippen LogP contribution in [-0.2, 0) is 9.47 Å². The summed E-state index contributed by atoms with van der Waals surface area (Å²) in [5.41, 5.74) is 1.15. The van der Waals surface area contributed by atoms with E-state index in [1.54, 1.807) is 7.11 Å². The lowest BCUT2D eigenvalue weighted by Crippen LogP contribution is -2.10. The fourth-order valence-electron chi connectivity index (χ4n) is 1.91. The molecule has 0 unspecified atom stereocenters. The van der Waals surface area contributed by atoms with Crippen LogP contribution in [0.25, 0.3) is 0 Å². The molecule has 0 radical (unpaired) electrons. The van der Waals surface area contributed by atoms with E-state index in [0.717, 1.165) is 35.2 Å². The third-order valence-electron chi connectivity index (χ3n) is 3.00. The van der Waals surface area contributed by atoms with E-state index in [1.165, 1.54) is 0 Å². The van der Waals surface area contributed by atoms with Crippen LogP contribution in [0.4, 0.5) is 0 Å². The predicted molar refractivity (Wildman–Crippen MR) is 74.0 cm³/mol. The molecule has 0 N–H and O–H groups in total. The molecular formula is C14H19BrO3. The van der Waals surface area contributed by atoms with Crippen molar-refractivity contribution in [1.29, 1.82) is 0 Å². The van der Waals surface area contributed by atoms with Crippen molar-refractivity contribution in [3.8, 4) is 5.75 Å². The normalized spacial score (nSPS) is 19.6. The van der Waals surface area contributed by atoms with Crippen LogP contribution in [0.2, 0.25) is 0 Å². The standard InChI is InChI=1S/C14H19BrO3/c1-3-5-12(18-9-10-8-17-10)11-6-4-7-13(16-2)14(11)15/h4,6-7,10,12H,3,5,8-9H2,1-2H3/t10-,12-/m1/s1. The fourth-order valence-corrected chi connectivity index (χ4v) is 2.59. The molecule has 1 aliphatic rings. The zero-order chi connectivity index (χ0) is 13.0. The highest BCUT2D eigenvalue weighted by molar-refractivity contribution is 9.10. The number of ether oxygens (including phenoxy) is 3. The van der Waals surface area contributed by atoms with E-state index in [9.17, 15) is 0 Å². The van der Waals surface area contributed by atoms with Gasteiger partial charge >= 0.3 is 0 Å². The average Bonchev–Trinajstić information content (AvgIpc) is 3.19. The van der Waals surface area contributed by atoms with Crippen LogP contribution in [-0.4, -0.2) is 26.4 Å². The molecule has 18 heavy (non-hydrogen) atoms. The van der Waals surface area contributed by atoms with Gasteiger partial charge in [0.1, 0.15) is 11.9 Å². The Morgan fingerprint density at radius 1 is 1.50 bits per heavy atom. The molecule has 2 rings (SSSR count). The first-order valence-electron chi connectivity index (χ1n) is 6.31. The summed E-state index contributed by atoms with van der Waals surface area (Å²) in [6.45, 7) is 3.67. The Morgan fingerprint density at radius 3 is 2.89 bits per heavy atom. The number of halogens is 1. The van der Waals surface area contributed by atoms with Gasteiger partial charge in [0, 0.05) is 0 Å². The lowest BCUT2D eigenvalue weighted by atomic mass is 10.0. The fraction of sp³-hybridized carbons (Fsp3) is 0.571. The molecule has 100 valence electrons. The molecule has 2 atom stereocenters. The maximum Gasteiger partial charge on any atom is 0.133 e. The van der Waals surface area contributed by atoms with Crippen molar-refractivity contribution >= 4 is 15.9 Å². The van der Waals surface area contributed by atoms with E-state index in [2.05, 4.69) is 28.9 Å². The van der Waals surface area contributed by atoms with E-state index in [0.29, 0.717) is 12.7 Å². The average molecular weight is 315 g/mol. The Kier molecular flexibility index (Phi) is 5.03. The Balaban J connectivity index is 2.12. The molecule has 0 amide bonds. The molecule has 1 aliphatic heterocycles. The molecule has 1 saturated heterocycles. The second kappa shape index (κ2) is 6.55. The quantitative estimate of drug-likeness (QED) is 0.719. The minimum atomic E-state index is 0.101. The number of hydrogen-bond acceptors (Lipinski definition) is 3. The summed E-state index contributed by atoms with van der Waals surface area (Å²) in [4.78, 5) is 0. The van der Waals surface area contributed by atoms with Crippen molar-refractivity contribution in [1.82, 2.24) is 0 Å². The molecule has 1 fully saturated rings. The highest BCUT2D eigenvalue weighted by Crippen LogP contribution is 2.36. The van der Waals surface area contributed by atoms with Crippen LogP contribution < -0.4 is 4.74 Å². The van der Waals surface area contributed by atoms with Crippen molar-refractivity contribution in [2.75, 3.05) is 20.3 Å². The maximum absolute atomic E-state index is 5.96. The lowest BCUT2D eigenvalue weighted by molar-refractivity contribution is 0.0353. The maximum atomic E-state index is 5.96. The van der Waals surface area contributed by atoms with Gasteiger partial charge in [-0.1, -0.05) is 25.5 Å². The molecule has 1 heterocycles. The highest BCUT2D eigenvalue weighted by atomic mass is 79.9. The second-order valence-electron chi connectivity index (χ2n) is 4.43. The zero-order valence-electron chi connectivity index (χ0n) is 10.8. The number of benzene rings is 1. The van der Waals surface area contributed by atoms with Gasteiger partial charge in [-0.3, -0.25) is 0 Å². The van der Waals surface area contributed by atoms with Crippen molar-refractivity contribution < 1.29 is 14.2 Å². The number of epoxide rings is 1. The van der Waals surface area contributed by atoms with Crippen molar-refractivity contribution in [2.45, 2.75) is 32.0 Å². The Labute approximate surface area is 117 Å². The SMILES string of the molecule is CCC[C@@H](OC[C@H]1CO1)c1cccc(OC)c1Br. The smallest absolute Gasteiger partial charge is 0.133 e. The van der Waals surface area contributed by atoms with Gasteiger partial charge in [-0.05, 0) is 34.0 Å². The minimum Gasteiger partial charge on any atom is -0.496 e. The zero-order valence-corrected chi connectivity index (χ0v) is 12.4. The van der Waals surface area contributed by atoms with Gasteiger partial charge in [-0.25, -0.2) is 0 Å². The lowest BCUT2D eigenvalue weighted by Gasteiger charge is -2.19. The van der Waals surface area contributed by atoms with Gasteiger partial charge in [0.15, 0.2) is 0 Å². The van der Waals surface area contributed by atoms with Gasteiger partial charge in [-0.15, -0.1) is 0 Å². The molecule has 0 spiro atoms. The van der Waals surface area contributed by atoms with Crippen molar-refractivity contribution in [3.05, 3.63) is 28.2 Å². The molecule has 1 aromatic carbocycles. The number of hydrogen-bond donors (Lipinski definition) is 0. The Bertz CT molecular complexity index is 391. The first kappa shape index (κ1) is 13.8. The largest absolute Gasteiger partial charge is 0.496 e. The molecule has 0 saturated carbocycles. The first-order valence-corrected chi connectivity index (χ1v) is 7.11. The third-order valence-corrected chi connectivity index (χ3v) is 3.85. The summed E-state index contributed by atoms with van der Waals surface area (Å²) in [6.07, 6.45) is 2.48. The highest BCUT2D eigenvalue weighted by Gasteiger charge is 2.25. The molecule has 0 aromatic heterocycles. The second-order valence-corrected chi connectivity index (χ2v) is 5.22. The monoisotopic (exact) mass is 314 g/mol. The summed E-state index contributed by atoms with van der Waals surface area (Å²) in [6, 6.07) is 6.03. The Morgan fingerprint density at radius 2 is 2.28 bits per heavy atom. The summed E-state index contributed by atoms with van der Waals surface area (Å²) in [7, 11) is 1.68. The van der Waals surface area contributed by atoms with E-state index in [-0.39, 0.29) is 6.10 Å². The molecule has 0 bridgehead atoms. The van der Waals surface area contributed by atoms with Gasteiger partial charge in [-0.2, -0.15) is 0 Å². The topological polar surface area (TPSA) is 31.0 Å². The van der Waals surface area contributed by atoms with Crippen LogP contribution in [0, 0.1) is 0 Å². The van der Waals surface area contributed by atoms with Crippen LogP contribution in [0.1, 0.15) is 31.4 Å². The third kappa shape index (κ3) is 3.46. The van der Waals surface area contributed by atoms with Gasteiger partial charge in [0.2, 0.25) is 0 Å². The van der Waals surface area contributed by atoms with E-state index in [1.807, 2.05) is 12.1 Å². The Hall–Kier alpha value is -0.580. The predicted octanol–water partition coefficient (Wildman–Crippen LogP) is 3.71. The van der Waals surface area contributed by atoms with E-state index < -0.39 is 0 Å². The van der Waals surface area contributed by atoms with Crippen LogP contribution >= 0.6 is 15.9 Å². The molecular weight excluding hydrogens is 296 g/mol. The van der Waals surface area contributed by atoms with Gasteiger partial charge < -0.3 is 14.2 Å². The van der Waals surface area contributed by atoms with Crippen LogP contribution in [0.3, 0.4) is 0 Å². The first-order chi connectivity index (χ1) is 8.76. The molecule has 3 nitrogen and oxygen atoms in total. The number of methoxy groups -OCH3 is 1. The summed E-state index contributed by atoms with van der Waals surface area (Å²) < 4.78 is 17.5. The van der Waals surface area contributed by atoms with Crippen molar-refractivity contribution in [2.24, 2.45) is 0 Å². The summed E-state index contributed by atoms with van der Waals surface area (Å²) >= 11 is 3.60. The molecule has 4 heteroatoms. The minimum absolute atomic E-state index is 0.101. The van der Waals surface area contributed by atoms with E-state index >= 15 is 0 Å². The van der Waals surface area contributed by atoms with Crippen LogP contribution in [0.5, 0.6) is 5.75 Å². The van der Waals surface area contributed by atoms with Gasteiger partial charge in [0.25, 0.3) is 0 Å². The molecule has 0 aliphatic carbocycles. The van der Waals surface area contributed by atoms with Crippen LogP contribution in [0.15, 0.2) is 22.7 Å². The van der Waals surface area contributed by atoms with Gasteiger partial charge in [0.05, 0.1) is 30.9 Å². The van der Waals surface area contributed by atoms with E-state index in [4.69, 9.17) is 14.2 Å². The number of rotatable bonds is 7. The molecule has 1 aromatic rings. The summed E-state index contributed by atoms with van der Waals surface area (Å²) in [5, 5.41) is 0. The van der Waals surface area contributed by atoms with Crippen molar-refractivity contribution in [3.63, 3.8) is 0 Å². The summed E-state index contributed by atoms with van der Waals surface area (Å²) in [5.74, 6) is 0.847.